The Hall–Kier alpha value is -3.32. The van der Waals surface area contributed by atoms with Gasteiger partial charge >= 0.3 is 0 Å². The summed E-state index contributed by atoms with van der Waals surface area (Å²) in [7, 11) is 1.61. The van der Waals surface area contributed by atoms with E-state index in [-0.39, 0.29) is 11.9 Å². The molecule has 27 heavy (non-hydrogen) atoms. The smallest absolute Gasteiger partial charge is 0.258 e. The Morgan fingerprint density at radius 3 is 2.59 bits per heavy atom. The van der Waals surface area contributed by atoms with Crippen LogP contribution in [0.4, 0.5) is 5.95 Å². The minimum absolute atomic E-state index is 0.128. The number of carbonyl (C=O) groups is 1. The molecule has 0 aliphatic carbocycles. The lowest BCUT2D eigenvalue weighted by Crippen LogP contribution is -2.34. The van der Waals surface area contributed by atoms with E-state index in [1.165, 1.54) is 6.20 Å². The summed E-state index contributed by atoms with van der Waals surface area (Å²) in [5, 5.41) is 0. The number of hydrogen-bond donors (Lipinski definition) is 1. The number of nitrogen functional groups attached to an aromatic ring is 1. The first-order valence-corrected chi connectivity index (χ1v) is 8.54. The number of methoxy groups -OCH3 is 1. The Morgan fingerprint density at radius 2 is 1.89 bits per heavy atom. The molecule has 0 saturated heterocycles. The lowest BCUT2D eigenvalue weighted by Gasteiger charge is -2.23. The second-order valence-corrected chi connectivity index (χ2v) is 5.93. The summed E-state index contributed by atoms with van der Waals surface area (Å²) in [4.78, 5) is 27.4. The van der Waals surface area contributed by atoms with Crippen LogP contribution in [0.25, 0.3) is 11.3 Å². The number of pyridine rings is 1. The molecule has 138 valence electrons. The minimum atomic E-state index is -0.178. The van der Waals surface area contributed by atoms with Gasteiger partial charge in [0.25, 0.3) is 5.91 Å². The van der Waals surface area contributed by atoms with E-state index in [2.05, 4.69) is 15.0 Å². The number of nitrogens with two attached hydrogens (primary N) is 1. The van der Waals surface area contributed by atoms with Crippen molar-refractivity contribution >= 4 is 11.9 Å². The maximum atomic E-state index is 13.3. The SMILES string of the molecule is COCCN(Cc1ccncc1)C(=O)c1cnc(N)nc1-c1ccccc1. The molecule has 7 nitrogen and oxygen atoms in total. The number of benzene rings is 1. The van der Waals surface area contributed by atoms with E-state index in [1.807, 2.05) is 42.5 Å². The maximum Gasteiger partial charge on any atom is 0.258 e. The minimum Gasteiger partial charge on any atom is -0.383 e. The molecular weight excluding hydrogens is 342 g/mol. The molecule has 0 atom stereocenters. The van der Waals surface area contributed by atoms with Crippen molar-refractivity contribution in [3.63, 3.8) is 0 Å². The van der Waals surface area contributed by atoms with E-state index < -0.39 is 0 Å². The van der Waals surface area contributed by atoms with Crippen molar-refractivity contribution < 1.29 is 9.53 Å². The molecule has 1 aromatic carbocycles. The average molecular weight is 363 g/mol. The number of nitrogens with zero attached hydrogens (tertiary/aromatic N) is 4. The fraction of sp³-hybridized carbons (Fsp3) is 0.200. The van der Waals surface area contributed by atoms with Crippen molar-refractivity contribution in [3.8, 4) is 11.3 Å². The highest BCUT2D eigenvalue weighted by Gasteiger charge is 2.22. The van der Waals surface area contributed by atoms with Crippen molar-refractivity contribution in [2.75, 3.05) is 26.0 Å². The predicted molar refractivity (Wildman–Crippen MR) is 103 cm³/mol. The van der Waals surface area contributed by atoms with Crippen LogP contribution in [0.2, 0.25) is 0 Å². The van der Waals surface area contributed by atoms with Crippen molar-refractivity contribution in [3.05, 3.63) is 72.2 Å². The third-order valence-electron chi connectivity index (χ3n) is 4.06. The van der Waals surface area contributed by atoms with Crippen LogP contribution >= 0.6 is 0 Å². The molecule has 0 unspecified atom stereocenters. The third-order valence-corrected chi connectivity index (χ3v) is 4.06. The van der Waals surface area contributed by atoms with Crippen LogP contribution in [0.1, 0.15) is 15.9 Å². The lowest BCUT2D eigenvalue weighted by molar-refractivity contribution is 0.0680. The van der Waals surface area contributed by atoms with Gasteiger partial charge in [-0.05, 0) is 17.7 Å². The van der Waals surface area contributed by atoms with Gasteiger partial charge in [0.05, 0.1) is 17.9 Å². The standard InChI is InChI=1S/C20H21N5O2/c1-27-12-11-25(14-15-7-9-22-10-8-15)19(26)17-13-23-20(21)24-18(17)16-5-3-2-4-6-16/h2-10,13H,11-12,14H2,1H3,(H2,21,23,24). The second-order valence-electron chi connectivity index (χ2n) is 5.93. The van der Waals surface area contributed by atoms with Crippen LogP contribution in [0, 0.1) is 0 Å². The van der Waals surface area contributed by atoms with Crippen LogP contribution in [-0.2, 0) is 11.3 Å². The Bertz CT molecular complexity index is 887. The van der Waals surface area contributed by atoms with E-state index in [0.29, 0.717) is 31.0 Å². The molecule has 0 fully saturated rings. The summed E-state index contributed by atoms with van der Waals surface area (Å²) in [6, 6.07) is 13.2. The predicted octanol–water partition coefficient (Wildman–Crippen LogP) is 2.41. The molecule has 0 spiro atoms. The molecule has 3 rings (SSSR count). The Labute approximate surface area is 157 Å². The average Bonchev–Trinajstić information content (AvgIpc) is 2.72. The van der Waals surface area contributed by atoms with E-state index in [1.54, 1.807) is 24.4 Å². The zero-order chi connectivity index (χ0) is 19.1. The molecule has 0 aliphatic rings. The summed E-state index contributed by atoms with van der Waals surface area (Å²) in [5.41, 5.74) is 8.48. The van der Waals surface area contributed by atoms with Gasteiger partial charge in [0, 0.05) is 44.4 Å². The van der Waals surface area contributed by atoms with Gasteiger partial charge in [0.2, 0.25) is 5.95 Å². The van der Waals surface area contributed by atoms with Gasteiger partial charge in [0.1, 0.15) is 0 Å². The summed E-state index contributed by atoms with van der Waals surface area (Å²) < 4.78 is 5.17. The number of rotatable bonds is 7. The first-order valence-electron chi connectivity index (χ1n) is 8.54. The van der Waals surface area contributed by atoms with E-state index in [4.69, 9.17) is 10.5 Å². The summed E-state index contributed by atoms with van der Waals surface area (Å²) in [5.74, 6) is -0.0503. The fourth-order valence-electron chi connectivity index (χ4n) is 2.70. The molecule has 0 aliphatic heterocycles. The zero-order valence-corrected chi connectivity index (χ0v) is 15.1. The van der Waals surface area contributed by atoms with Gasteiger partial charge in [-0.1, -0.05) is 30.3 Å². The molecule has 2 heterocycles. The number of hydrogen-bond acceptors (Lipinski definition) is 6. The largest absolute Gasteiger partial charge is 0.383 e. The molecule has 0 radical (unpaired) electrons. The van der Waals surface area contributed by atoms with Gasteiger partial charge in [-0.2, -0.15) is 0 Å². The van der Waals surface area contributed by atoms with Crippen LogP contribution in [0.5, 0.6) is 0 Å². The molecular formula is C20H21N5O2. The van der Waals surface area contributed by atoms with Crippen LogP contribution in [-0.4, -0.2) is 46.0 Å². The van der Waals surface area contributed by atoms with Crippen molar-refractivity contribution in [1.82, 2.24) is 19.9 Å². The topological polar surface area (TPSA) is 94.2 Å². The Kier molecular flexibility index (Phi) is 6.06. The van der Waals surface area contributed by atoms with Gasteiger partial charge in [-0.25, -0.2) is 9.97 Å². The highest BCUT2D eigenvalue weighted by atomic mass is 16.5. The number of carbonyl (C=O) groups excluding carboxylic acids is 1. The van der Waals surface area contributed by atoms with Crippen LogP contribution < -0.4 is 5.73 Å². The van der Waals surface area contributed by atoms with Gasteiger partial charge in [0.15, 0.2) is 0 Å². The van der Waals surface area contributed by atoms with E-state index >= 15 is 0 Å². The summed E-state index contributed by atoms with van der Waals surface area (Å²) in [6.07, 6.45) is 4.89. The Morgan fingerprint density at radius 1 is 1.15 bits per heavy atom. The van der Waals surface area contributed by atoms with Gasteiger partial charge in [-0.15, -0.1) is 0 Å². The summed E-state index contributed by atoms with van der Waals surface area (Å²) >= 11 is 0. The van der Waals surface area contributed by atoms with E-state index in [9.17, 15) is 4.79 Å². The fourth-order valence-corrected chi connectivity index (χ4v) is 2.70. The second kappa shape index (κ2) is 8.86. The zero-order valence-electron chi connectivity index (χ0n) is 15.1. The summed E-state index contributed by atoms with van der Waals surface area (Å²) in [6.45, 7) is 1.30. The Balaban J connectivity index is 1.96. The number of aromatic nitrogens is 3. The van der Waals surface area contributed by atoms with Gasteiger partial charge < -0.3 is 15.4 Å². The first kappa shape index (κ1) is 18.5. The number of amides is 1. The maximum absolute atomic E-state index is 13.3. The third kappa shape index (κ3) is 4.65. The molecule has 0 bridgehead atoms. The molecule has 2 aromatic heterocycles. The molecule has 2 N–H and O–H groups in total. The highest BCUT2D eigenvalue weighted by Crippen LogP contribution is 2.23. The highest BCUT2D eigenvalue weighted by molar-refractivity contribution is 5.99. The number of anilines is 1. The van der Waals surface area contributed by atoms with E-state index in [0.717, 1.165) is 11.1 Å². The normalized spacial score (nSPS) is 10.6. The molecule has 0 saturated carbocycles. The first-order chi connectivity index (χ1) is 13.2. The lowest BCUT2D eigenvalue weighted by atomic mass is 10.1. The monoisotopic (exact) mass is 363 g/mol. The van der Waals surface area contributed by atoms with Crippen molar-refractivity contribution in [2.24, 2.45) is 0 Å². The van der Waals surface area contributed by atoms with Gasteiger partial charge in [-0.3, -0.25) is 9.78 Å². The molecule has 7 heteroatoms. The van der Waals surface area contributed by atoms with Crippen LogP contribution in [0.15, 0.2) is 61.1 Å². The van der Waals surface area contributed by atoms with Crippen LogP contribution in [0.3, 0.4) is 0 Å². The van der Waals surface area contributed by atoms with Crippen molar-refractivity contribution in [1.29, 1.82) is 0 Å². The molecule has 3 aromatic rings. The quantitative estimate of drug-likeness (QED) is 0.693. The number of ether oxygens (including phenoxy) is 1. The van der Waals surface area contributed by atoms with Crippen molar-refractivity contribution in [2.45, 2.75) is 6.54 Å². The molecule has 1 amide bonds.